The number of rotatable bonds is 7. The Morgan fingerprint density at radius 1 is 1.06 bits per heavy atom. The molecule has 0 N–H and O–H groups in total. The van der Waals surface area contributed by atoms with Crippen LogP contribution in [0.15, 0.2) is 23.1 Å². The molecule has 6 rings (SSSR count). The van der Waals surface area contributed by atoms with Crippen LogP contribution >= 0.6 is 0 Å². The number of benzene rings is 1. The van der Waals surface area contributed by atoms with Gasteiger partial charge in [0.2, 0.25) is 10.0 Å². The van der Waals surface area contributed by atoms with Crippen LogP contribution in [0, 0.1) is 23.2 Å². The van der Waals surface area contributed by atoms with Crippen molar-refractivity contribution in [2.24, 2.45) is 23.2 Å². The van der Waals surface area contributed by atoms with Gasteiger partial charge in [0.25, 0.3) is 0 Å². The number of methoxy groups -OCH3 is 1. The topological polar surface area (TPSA) is 99.2 Å². The Bertz CT molecular complexity index is 1010. The van der Waals surface area contributed by atoms with Crippen molar-refractivity contribution < 1.29 is 32.2 Å². The summed E-state index contributed by atoms with van der Waals surface area (Å²) in [5.41, 5.74) is -0.249. The first-order chi connectivity index (χ1) is 15.8. The number of morpholine rings is 1. The van der Waals surface area contributed by atoms with Crippen molar-refractivity contribution in [3.05, 3.63) is 23.8 Å². The third kappa shape index (κ3) is 4.19. The number of nitrogens with zero attached hydrogens (tertiary/aromatic N) is 1. The molecule has 4 saturated carbocycles. The molecule has 1 aromatic rings. The molecule has 0 aromatic heterocycles. The van der Waals surface area contributed by atoms with Gasteiger partial charge in [0.05, 0.1) is 25.9 Å². The summed E-state index contributed by atoms with van der Waals surface area (Å²) in [5, 5.41) is 0. The summed E-state index contributed by atoms with van der Waals surface area (Å²) < 4.78 is 43.5. The molecule has 1 heterocycles. The summed E-state index contributed by atoms with van der Waals surface area (Å²) in [6.45, 7) is 0.841. The van der Waals surface area contributed by atoms with Crippen molar-refractivity contribution in [1.29, 1.82) is 0 Å². The van der Waals surface area contributed by atoms with E-state index in [1.54, 1.807) is 0 Å². The third-order valence-corrected chi connectivity index (χ3v) is 9.87. The Labute approximate surface area is 194 Å². The highest BCUT2D eigenvalue weighted by Gasteiger charge is 2.54. The van der Waals surface area contributed by atoms with Crippen molar-refractivity contribution >= 4 is 21.8 Å². The maximum atomic E-state index is 13.2. The summed E-state index contributed by atoms with van der Waals surface area (Å²) in [6, 6.07) is 4.20. The molecule has 0 amide bonds. The number of esters is 1. The summed E-state index contributed by atoms with van der Waals surface area (Å²) >= 11 is 0. The molecular formula is C24H31NO7S. The second-order valence-corrected chi connectivity index (χ2v) is 12.0. The lowest BCUT2D eigenvalue weighted by molar-refractivity contribution is -0.147. The predicted molar refractivity (Wildman–Crippen MR) is 118 cm³/mol. The fourth-order valence-electron chi connectivity index (χ4n) is 6.75. The molecule has 180 valence electrons. The fraction of sp³-hybridized carbons (Fsp3) is 0.667. The standard InChI is InChI=1S/C24H31NO7S/c1-30-20-3-2-19(11-21(20)33(28,29)25-4-6-31-7-5-25)23(27)32-15-22(26)24-12-16-8-17(13-24)10-18(9-16)14-24/h2-3,11,16-18H,4-10,12-15H2,1H3. The first kappa shape index (κ1) is 22.8. The zero-order valence-corrected chi connectivity index (χ0v) is 19.8. The highest BCUT2D eigenvalue weighted by atomic mass is 32.2. The van der Waals surface area contributed by atoms with Crippen LogP contribution in [0.2, 0.25) is 0 Å². The first-order valence-corrected chi connectivity index (χ1v) is 13.2. The van der Waals surface area contributed by atoms with Crippen LogP contribution in [0.5, 0.6) is 5.75 Å². The molecule has 33 heavy (non-hydrogen) atoms. The summed E-state index contributed by atoms with van der Waals surface area (Å²) in [5.74, 6) is 1.36. The van der Waals surface area contributed by atoms with Crippen LogP contribution in [-0.2, 0) is 24.3 Å². The van der Waals surface area contributed by atoms with Crippen LogP contribution in [-0.4, -0.2) is 64.5 Å². The van der Waals surface area contributed by atoms with E-state index >= 15 is 0 Å². The van der Waals surface area contributed by atoms with Gasteiger partial charge in [-0.1, -0.05) is 0 Å². The van der Waals surface area contributed by atoms with E-state index in [1.165, 1.54) is 48.9 Å². The number of carbonyl (C=O) groups excluding carboxylic acids is 2. The average Bonchev–Trinajstić information content (AvgIpc) is 2.81. The monoisotopic (exact) mass is 477 g/mol. The van der Waals surface area contributed by atoms with Gasteiger partial charge in [-0.2, -0.15) is 4.31 Å². The predicted octanol–water partition coefficient (Wildman–Crippen LogP) is 2.66. The molecule has 4 bridgehead atoms. The number of sulfonamides is 1. The molecule has 1 aromatic carbocycles. The van der Waals surface area contributed by atoms with E-state index in [9.17, 15) is 18.0 Å². The van der Waals surface area contributed by atoms with E-state index in [-0.39, 0.29) is 47.1 Å². The molecule has 1 aliphatic heterocycles. The summed E-state index contributed by atoms with van der Waals surface area (Å²) in [4.78, 5) is 25.9. The molecule has 0 spiro atoms. The average molecular weight is 478 g/mol. The van der Waals surface area contributed by atoms with Gasteiger partial charge in [0.1, 0.15) is 10.6 Å². The van der Waals surface area contributed by atoms with E-state index < -0.39 is 16.0 Å². The van der Waals surface area contributed by atoms with Gasteiger partial charge in [0, 0.05) is 18.5 Å². The molecular weight excluding hydrogens is 446 g/mol. The Morgan fingerprint density at radius 3 is 2.24 bits per heavy atom. The van der Waals surface area contributed by atoms with Crippen LogP contribution in [0.3, 0.4) is 0 Å². The minimum absolute atomic E-state index is 0.0182. The van der Waals surface area contributed by atoms with Gasteiger partial charge < -0.3 is 14.2 Å². The van der Waals surface area contributed by atoms with Crippen molar-refractivity contribution in [3.8, 4) is 5.75 Å². The van der Waals surface area contributed by atoms with Gasteiger partial charge in [-0.15, -0.1) is 0 Å². The van der Waals surface area contributed by atoms with E-state index in [0.29, 0.717) is 31.0 Å². The van der Waals surface area contributed by atoms with Crippen LogP contribution in [0.1, 0.15) is 48.9 Å². The Balaban J connectivity index is 1.30. The highest BCUT2D eigenvalue weighted by Crippen LogP contribution is 2.60. The third-order valence-electron chi connectivity index (χ3n) is 7.95. The van der Waals surface area contributed by atoms with Crippen LogP contribution < -0.4 is 4.74 Å². The number of hydrogen-bond acceptors (Lipinski definition) is 7. The Morgan fingerprint density at radius 2 is 1.67 bits per heavy atom. The van der Waals surface area contributed by atoms with Gasteiger partial charge in [-0.3, -0.25) is 4.79 Å². The minimum atomic E-state index is -3.87. The molecule has 1 saturated heterocycles. The van der Waals surface area contributed by atoms with Crippen molar-refractivity contribution in [3.63, 3.8) is 0 Å². The Kier molecular flexibility index (Phi) is 5.99. The molecule has 9 heteroatoms. The lowest BCUT2D eigenvalue weighted by atomic mass is 9.48. The van der Waals surface area contributed by atoms with Crippen molar-refractivity contribution in [2.75, 3.05) is 40.0 Å². The van der Waals surface area contributed by atoms with Gasteiger partial charge >= 0.3 is 5.97 Å². The zero-order chi connectivity index (χ0) is 23.2. The number of carbonyl (C=O) groups is 2. The van der Waals surface area contributed by atoms with E-state index in [4.69, 9.17) is 14.2 Å². The summed E-state index contributed by atoms with van der Waals surface area (Å²) in [6.07, 6.45) is 6.45. The molecule has 4 aliphatic carbocycles. The lowest BCUT2D eigenvalue weighted by Crippen LogP contribution is -2.51. The minimum Gasteiger partial charge on any atom is -0.495 e. The number of ketones is 1. The van der Waals surface area contributed by atoms with Crippen molar-refractivity contribution in [1.82, 2.24) is 4.31 Å². The van der Waals surface area contributed by atoms with Crippen molar-refractivity contribution in [2.45, 2.75) is 43.4 Å². The van der Waals surface area contributed by atoms with Crippen LogP contribution in [0.4, 0.5) is 0 Å². The largest absolute Gasteiger partial charge is 0.495 e. The van der Waals surface area contributed by atoms with Gasteiger partial charge in [-0.05, 0) is 74.5 Å². The maximum Gasteiger partial charge on any atom is 0.338 e. The Hall–Kier alpha value is -1.97. The van der Waals surface area contributed by atoms with Gasteiger partial charge in [-0.25, -0.2) is 13.2 Å². The number of Topliss-reactive ketones (excluding diaryl/α,β-unsaturated/α-hetero) is 1. The van der Waals surface area contributed by atoms with Gasteiger partial charge in [0.15, 0.2) is 12.4 Å². The highest BCUT2D eigenvalue weighted by molar-refractivity contribution is 7.89. The van der Waals surface area contributed by atoms with E-state index in [1.807, 2.05) is 0 Å². The number of ether oxygens (including phenoxy) is 3. The molecule has 5 fully saturated rings. The second kappa shape index (κ2) is 8.67. The molecule has 0 radical (unpaired) electrons. The SMILES string of the molecule is COc1ccc(C(=O)OCC(=O)C23CC4CC(CC(C4)C2)C3)cc1S(=O)(=O)N1CCOCC1. The molecule has 0 unspecified atom stereocenters. The van der Waals surface area contributed by atoms with Crippen LogP contribution in [0.25, 0.3) is 0 Å². The maximum absolute atomic E-state index is 13.2. The normalized spacial score (nSPS) is 31.4. The van der Waals surface area contributed by atoms with E-state index in [2.05, 4.69) is 0 Å². The zero-order valence-electron chi connectivity index (χ0n) is 19.0. The summed E-state index contributed by atoms with van der Waals surface area (Å²) in [7, 11) is -2.48. The fourth-order valence-corrected chi connectivity index (χ4v) is 8.34. The molecule has 0 atom stereocenters. The second-order valence-electron chi connectivity index (χ2n) is 10.1. The smallest absolute Gasteiger partial charge is 0.338 e. The quantitative estimate of drug-likeness (QED) is 0.557. The molecule has 8 nitrogen and oxygen atoms in total. The molecule has 5 aliphatic rings. The number of hydrogen-bond donors (Lipinski definition) is 0. The van der Waals surface area contributed by atoms with E-state index in [0.717, 1.165) is 19.3 Å². The first-order valence-electron chi connectivity index (χ1n) is 11.8. The lowest BCUT2D eigenvalue weighted by Gasteiger charge is -2.55.